The summed E-state index contributed by atoms with van der Waals surface area (Å²) < 4.78 is 93.9. The summed E-state index contributed by atoms with van der Waals surface area (Å²) in [5.74, 6) is -10.7. The molecule has 4 aromatic rings. The number of ether oxygens (including phenoxy) is 1. The smallest absolute Gasteiger partial charge is 0.335 e. The number of halogens is 5. The van der Waals surface area contributed by atoms with Gasteiger partial charge >= 0.3 is 5.97 Å². The van der Waals surface area contributed by atoms with Crippen molar-refractivity contribution in [2.45, 2.75) is 88.8 Å². The quantitative estimate of drug-likeness (QED) is 0.0825. The van der Waals surface area contributed by atoms with Gasteiger partial charge in [0.05, 0.1) is 30.4 Å². The van der Waals surface area contributed by atoms with Crippen LogP contribution in [0.3, 0.4) is 0 Å². The second kappa shape index (κ2) is 15.0. The number of carboxylic acid groups (broad SMARTS) is 1. The number of hydrogen-bond donors (Lipinski definition) is 1. The Kier molecular flexibility index (Phi) is 10.9. The van der Waals surface area contributed by atoms with Gasteiger partial charge in [0.25, 0.3) is 0 Å². The second-order valence-electron chi connectivity index (χ2n) is 14.9. The van der Waals surface area contributed by atoms with Gasteiger partial charge in [-0.3, -0.25) is 4.79 Å². The monoisotopic (exact) mass is 786 g/mol. The molecule has 2 fully saturated rings. The number of amides is 1. The number of hydrogen-bond acceptors (Lipinski definition) is 5. The summed E-state index contributed by atoms with van der Waals surface area (Å²) >= 11 is 5.87. The summed E-state index contributed by atoms with van der Waals surface area (Å²) in [5, 5.41) is 8.27. The summed E-state index contributed by atoms with van der Waals surface area (Å²) in [5.41, 5.74) is 3.48. The van der Waals surface area contributed by atoms with Crippen LogP contribution in [0.25, 0.3) is 0 Å². The van der Waals surface area contributed by atoms with Gasteiger partial charge in [0.15, 0.2) is 23.3 Å². The summed E-state index contributed by atoms with van der Waals surface area (Å²) in [6.45, 7) is 6.13. The summed E-state index contributed by atoms with van der Waals surface area (Å²) in [4.78, 5) is 26.3. The van der Waals surface area contributed by atoms with Gasteiger partial charge in [0.2, 0.25) is 15.9 Å². The SMILES string of the molecule is Cc1ccccc1CN(CC(=O)N(Cc1cc(C2CC2)cc(C(C)(C)C)c1)c1ccc(C(=O)O)cc1OC1CC1)S(=O)(=O)c1c(F)c(F)c(F)c(F)c1Cl. The van der Waals surface area contributed by atoms with Crippen LogP contribution in [0.1, 0.15) is 90.5 Å². The normalized spacial score (nSPS) is 14.7. The molecule has 14 heteroatoms. The lowest BCUT2D eigenvalue weighted by molar-refractivity contribution is -0.119. The highest BCUT2D eigenvalue weighted by molar-refractivity contribution is 7.89. The number of nitrogens with zero attached hydrogens (tertiary/aromatic N) is 2. The van der Waals surface area contributed by atoms with Crippen LogP contribution < -0.4 is 9.64 Å². The van der Waals surface area contributed by atoms with Crippen molar-refractivity contribution in [3.63, 3.8) is 0 Å². The van der Waals surface area contributed by atoms with Gasteiger partial charge in [-0.25, -0.2) is 30.8 Å². The molecule has 0 spiro atoms. The molecule has 1 amide bonds. The first-order valence-electron chi connectivity index (χ1n) is 17.4. The average Bonchev–Trinajstić information content (AvgIpc) is 4.05. The van der Waals surface area contributed by atoms with Crippen molar-refractivity contribution in [3.05, 3.63) is 122 Å². The first-order valence-corrected chi connectivity index (χ1v) is 19.2. The first kappa shape index (κ1) is 39.2. The Morgan fingerprint density at radius 2 is 1.56 bits per heavy atom. The zero-order valence-electron chi connectivity index (χ0n) is 30.1. The van der Waals surface area contributed by atoms with E-state index in [2.05, 4.69) is 26.8 Å². The van der Waals surface area contributed by atoms with E-state index >= 15 is 4.39 Å². The van der Waals surface area contributed by atoms with Crippen LogP contribution in [0.15, 0.2) is 65.6 Å². The van der Waals surface area contributed by atoms with Crippen LogP contribution in [0, 0.1) is 30.2 Å². The third kappa shape index (κ3) is 8.28. The molecule has 0 radical (unpaired) electrons. The van der Waals surface area contributed by atoms with E-state index in [1.165, 1.54) is 23.1 Å². The largest absolute Gasteiger partial charge is 0.488 e. The van der Waals surface area contributed by atoms with Gasteiger partial charge in [-0.15, -0.1) is 0 Å². The van der Waals surface area contributed by atoms with Gasteiger partial charge in [0, 0.05) is 6.54 Å². The highest BCUT2D eigenvalue weighted by Gasteiger charge is 2.39. The fourth-order valence-electron chi connectivity index (χ4n) is 6.10. The maximum absolute atomic E-state index is 15.3. The summed E-state index contributed by atoms with van der Waals surface area (Å²) in [6.07, 6.45) is 3.16. The van der Waals surface area contributed by atoms with E-state index in [0.717, 1.165) is 24.0 Å². The Labute approximate surface area is 316 Å². The Bertz CT molecular complexity index is 2220. The third-order valence-corrected chi connectivity index (χ3v) is 11.9. The predicted molar refractivity (Wildman–Crippen MR) is 195 cm³/mol. The van der Waals surface area contributed by atoms with Gasteiger partial charge in [-0.1, -0.05) is 74.8 Å². The zero-order chi connectivity index (χ0) is 39.3. The maximum atomic E-state index is 15.3. The molecule has 4 aromatic carbocycles. The van der Waals surface area contributed by atoms with Gasteiger partial charge in [-0.2, -0.15) is 4.31 Å². The lowest BCUT2D eigenvalue weighted by Crippen LogP contribution is -2.43. The topological polar surface area (TPSA) is 104 Å². The standard InChI is InChI=1S/C40H39ClF4N2O6S/c1-22-7-5-6-8-26(22)20-46(54(51,52)38-33(41)34(42)35(43)36(44)37(38)45)21-32(48)47(30-14-11-25(39(49)50)18-31(30)53-29-12-13-29)19-23-15-27(24-9-10-24)17-28(16-23)40(2,3)4/h5-8,11,14-18,24,29H,9-10,12-13,19-21H2,1-4H3,(H,49,50). The van der Waals surface area contributed by atoms with Crippen LogP contribution in [-0.4, -0.2) is 42.4 Å². The molecule has 54 heavy (non-hydrogen) atoms. The molecule has 0 saturated heterocycles. The number of sulfonamides is 1. The van der Waals surface area contributed by atoms with Crippen molar-refractivity contribution >= 4 is 39.2 Å². The molecular formula is C40H39ClF4N2O6S. The van der Waals surface area contributed by atoms with Crippen molar-refractivity contribution in [3.8, 4) is 5.75 Å². The van der Waals surface area contributed by atoms with E-state index in [-0.39, 0.29) is 35.1 Å². The molecule has 0 aliphatic heterocycles. The van der Waals surface area contributed by atoms with Crippen molar-refractivity contribution in [2.24, 2.45) is 0 Å². The average molecular weight is 787 g/mol. The number of carbonyl (C=O) groups is 2. The van der Waals surface area contributed by atoms with Crippen LogP contribution in [0.2, 0.25) is 5.02 Å². The molecule has 1 N–H and O–H groups in total. The molecule has 0 aromatic heterocycles. The molecule has 8 nitrogen and oxygen atoms in total. The van der Waals surface area contributed by atoms with E-state index in [9.17, 15) is 36.3 Å². The highest BCUT2D eigenvalue weighted by atomic mass is 35.5. The fraction of sp³-hybridized carbons (Fsp3) is 0.350. The maximum Gasteiger partial charge on any atom is 0.335 e. The first-order chi connectivity index (χ1) is 25.4. The van der Waals surface area contributed by atoms with Crippen LogP contribution in [-0.2, 0) is 33.3 Å². The molecule has 6 rings (SSSR count). The molecule has 2 saturated carbocycles. The predicted octanol–water partition coefficient (Wildman–Crippen LogP) is 9.04. The Morgan fingerprint density at radius 3 is 2.17 bits per heavy atom. The molecule has 0 atom stereocenters. The lowest BCUT2D eigenvalue weighted by Gasteiger charge is -2.30. The van der Waals surface area contributed by atoms with Crippen molar-refractivity contribution in [1.82, 2.24) is 4.31 Å². The van der Waals surface area contributed by atoms with E-state index in [1.807, 2.05) is 12.1 Å². The Morgan fingerprint density at radius 1 is 0.889 bits per heavy atom. The van der Waals surface area contributed by atoms with E-state index < -0.39 is 68.2 Å². The lowest BCUT2D eigenvalue weighted by atomic mass is 9.84. The number of aromatic carboxylic acids is 1. The van der Waals surface area contributed by atoms with E-state index in [4.69, 9.17) is 16.3 Å². The van der Waals surface area contributed by atoms with Gasteiger partial charge in [0.1, 0.15) is 15.7 Å². The van der Waals surface area contributed by atoms with Gasteiger partial charge < -0.3 is 14.7 Å². The summed E-state index contributed by atoms with van der Waals surface area (Å²) in [7, 11) is -5.37. The number of rotatable bonds is 13. The minimum Gasteiger partial charge on any atom is -0.488 e. The fourth-order valence-corrected chi connectivity index (χ4v) is 8.03. The molecular weight excluding hydrogens is 748 g/mol. The van der Waals surface area contributed by atoms with Crippen molar-refractivity contribution in [1.29, 1.82) is 0 Å². The molecule has 0 heterocycles. The van der Waals surface area contributed by atoms with Gasteiger partial charge in [-0.05, 0) is 90.0 Å². The van der Waals surface area contributed by atoms with Crippen LogP contribution >= 0.6 is 11.6 Å². The zero-order valence-corrected chi connectivity index (χ0v) is 31.6. The number of benzene rings is 4. The summed E-state index contributed by atoms with van der Waals surface area (Å²) in [6, 6.07) is 16.6. The molecule has 2 aliphatic rings. The third-order valence-electron chi connectivity index (χ3n) is 9.57. The van der Waals surface area contributed by atoms with Crippen LogP contribution in [0.4, 0.5) is 23.2 Å². The van der Waals surface area contributed by atoms with Crippen LogP contribution in [0.5, 0.6) is 5.75 Å². The Balaban J connectivity index is 1.50. The molecule has 0 unspecified atom stereocenters. The number of aryl methyl sites for hydroxylation is 1. The minimum absolute atomic E-state index is 0.0743. The Hall–Kier alpha value is -4.46. The second-order valence-corrected chi connectivity index (χ2v) is 17.1. The molecule has 2 aliphatic carbocycles. The van der Waals surface area contributed by atoms with E-state index in [1.54, 1.807) is 31.2 Å². The minimum atomic E-state index is -5.37. The number of anilines is 1. The van der Waals surface area contributed by atoms with Crippen molar-refractivity contribution < 1.29 is 45.4 Å². The van der Waals surface area contributed by atoms with E-state index in [0.29, 0.717) is 39.8 Å². The molecule has 286 valence electrons. The number of carboxylic acids is 1. The van der Waals surface area contributed by atoms with Crippen molar-refractivity contribution in [2.75, 3.05) is 11.4 Å². The molecule has 0 bridgehead atoms. The highest BCUT2D eigenvalue weighted by Crippen LogP contribution is 2.43. The number of carbonyl (C=O) groups excluding carboxylic acids is 1.